The summed E-state index contributed by atoms with van der Waals surface area (Å²) in [4.78, 5) is 14.4. The molecule has 0 aliphatic carbocycles. The molecule has 3 atom stereocenters. The highest BCUT2D eigenvalue weighted by molar-refractivity contribution is 5.95. The summed E-state index contributed by atoms with van der Waals surface area (Å²) in [5.74, 6) is 0.0838. The largest absolute Gasteiger partial charge is 0.493 e. The Morgan fingerprint density at radius 3 is 2.59 bits per heavy atom. The highest BCUT2D eigenvalue weighted by atomic mass is 35.5. The number of aromatic nitrogens is 1. The zero-order chi connectivity index (χ0) is 24.0. The number of carbonyl (C=O) groups is 1. The van der Waals surface area contributed by atoms with E-state index in [-0.39, 0.29) is 30.5 Å². The smallest absolute Gasteiger partial charge is 0.408 e. The van der Waals surface area contributed by atoms with Gasteiger partial charge >= 0.3 is 6.18 Å². The molecule has 10 heteroatoms. The van der Waals surface area contributed by atoms with Crippen LogP contribution in [0.3, 0.4) is 0 Å². The number of rotatable bonds is 4. The number of hydrogen-bond acceptors (Lipinski definition) is 4. The maximum absolute atomic E-state index is 14.4. The van der Waals surface area contributed by atoms with Crippen molar-refractivity contribution in [1.29, 1.82) is 0 Å². The van der Waals surface area contributed by atoms with Crippen LogP contribution in [0.5, 0.6) is 11.5 Å². The average molecular weight is 502 g/mol. The molecular weight excluding hydrogens is 471 g/mol. The SMILES string of the molecule is COc1cc(C(=O)N2C(C)CC3(CC2C(F)(F)F)NCCn2cccc23)ccc1OC(C)C.Cl. The molecule has 0 bridgehead atoms. The minimum Gasteiger partial charge on any atom is -0.493 e. The van der Waals surface area contributed by atoms with E-state index in [0.717, 1.165) is 10.6 Å². The Morgan fingerprint density at radius 1 is 1.21 bits per heavy atom. The third kappa shape index (κ3) is 4.73. The monoisotopic (exact) mass is 501 g/mol. The Kier molecular flexibility index (Phi) is 7.48. The van der Waals surface area contributed by atoms with Crippen LogP contribution in [-0.4, -0.2) is 53.4 Å². The van der Waals surface area contributed by atoms with Crippen LogP contribution in [0.25, 0.3) is 0 Å². The van der Waals surface area contributed by atoms with Gasteiger partial charge in [0.05, 0.1) is 18.8 Å². The molecule has 6 nitrogen and oxygen atoms in total. The predicted molar refractivity (Wildman–Crippen MR) is 125 cm³/mol. The Balaban J connectivity index is 0.00000324. The van der Waals surface area contributed by atoms with Crippen LogP contribution in [0.15, 0.2) is 36.5 Å². The molecule has 0 radical (unpaired) electrons. The van der Waals surface area contributed by atoms with Crippen molar-refractivity contribution in [1.82, 2.24) is 14.8 Å². The number of nitrogens with one attached hydrogen (secondary N) is 1. The molecular formula is C24H31ClF3N3O3. The number of amides is 1. The van der Waals surface area contributed by atoms with E-state index < -0.39 is 29.7 Å². The summed E-state index contributed by atoms with van der Waals surface area (Å²) in [5.41, 5.74) is 0.156. The number of hydrogen-bond donors (Lipinski definition) is 1. The maximum Gasteiger partial charge on any atom is 0.408 e. The van der Waals surface area contributed by atoms with Crippen molar-refractivity contribution < 1.29 is 27.4 Å². The summed E-state index contributed by atoms with van der Waals surface area (Å²) in [5, 5.41) is 3.36. The molecule has 2 aromatic rings. The predicted octanol–water partition coefficient (Wildman–Crippen LogP) is 4.76. The van der Waals surface area contributed by atoms with E-state index in [1.165, 1.54) is 19.2 Å². The molecule has 1 saturated heterocycles. The van der Waals surface area contributed by atoms with Crippen LogP contribution in [0.4, 0.5) is 13.2 Å². The summed E-state index contributed by atoms with van der Waals surface area (Å²) in [6, 6.07) is 5.71. The number of piperidine rings is 1. The van der Waals surface area contributed by atoms with Crippen LogP contribution in [0.1, 0.15) is 49.7 Å². The van der Waals surface area contributed by atoms with Crippen molar-refractivity contribution in [2.24, 2.45) is 0 Å². The second kappa shape index (κ2) is 9.70. The first-order chi connectivity index (χ1) is 15.6. The summed E-state index contributed by atoms with van der Waals surface area (Å²) >= 11 is 0. The van der Waals surface area contributed by atoms with Crippen LogP contribution in [-0.2, 0) is 12.1 Å². The summed E-state index contributed by atoms with van der Waals surface area (Å²) in [7, 11) is 1.44. The average Bonchev–Trinajstić information content (AvgIpc) is 3.23. The third-order valence-corrected chi connectivity index (χ3v) is 6.52. The van der Waals surface area contributed by atoms with Gasteiger partial charge in [0.2, 0.25) is 0 Å². The van der Waals surface area contributed by atoms with E-state index in [0.29, 0.717) is 31.0 Å². The zero-order valence-corrected chi connectivity index (χ0v) is 20.5. The van der Waals surface area contributed by atoms with Gasteiger partial charge in [-0.25, -0.2) is 0 Å². The van der Waals surface area contributed by atoms with Gasteiger partial charge in [-0.15, -0.1) is 12.4 Å². The maximum atomic E-state index is 14.4. The third-order valence-electron chi connectivity index (χ3n) is 6.52. The lowest BCUT2D eigenvalue weighted by molar-refractivity contribution is -0.198. The number of alkyl halides is 3. The molecule has 188 valence electrons. The first-order valence-corrected chi connectivity index (χ1v) is 11.2. The first-order valence-electron chi connectivity index (χ1n) is 11.2. The molecule has 1 aromatic carbocycles. The van der Waals surface area contributed by atoms with Gasteiger partial charge in [-0.3, -0.25) is 4.79 Å². The van der Waals surface area contributed by atoms with Crippen LogP contribution < -0.4 is 14.8 Å². The minimum atomic E-state index is -4.57. The molecule has 3 heterocycles. The van der Waals surface area contributed by atoms with Gasteiger partial charge in [-0.2, -0.15) is 13.2 Å². The number of methoxy groups -OCH3 is 1. The summed E-state index contributed by atoms with van der Waals surface area (Å²) < 4.78 is 56.1. The number of carbonyl (C=O) groups excluding carboxylic acids is 1. The lowest BCUT2D eigenvalue weighted by atomic mass is 9.76. The quantitative estimate of drug-likeness (QED) is 0.656. The lowest BCUT2D eigenvalue weighted by Gasteiger charge is -2.52. The minimum absolute atomic E-state index is 0. The first kappa shape index (κ1) is 26.2. The number of benzene rings is 1. The van der Waals surface area contributed by atoms with Crippen molar-refractivity contribution >= 4 is 18.3 Å². The molecule has 2 aliphatic rings. The normalized spacial score (nSPS) is 24.5. The van der Waals surface area contributed by atoms with Crippen LogP contribution in [0, 0.1) is 0 Å². The molecule has 1 amide bonds. The topological polar surface area (TPSA) is 55.7 Å². The molecule has 1 N–H and O–H groups in total. The van der Waals surface area contributed by atoms with Crippen LogP contribution in [0.2, 0.25) is 0 Å². The number of ether oxygens (including phenoxy) is 2. The van der Waals surface area contributed by atoms with E-state index in [4.69, 9.17) is 9.47 Å². The van der Waals surface area contributed by atoms with E-state index in [2.05, 4.69) is 5.32 Å². The van der Waals surface area contributed by atoms with Gasteiger partial charge in [0.1, 0.15) is 6.04 Å². The zero-order valence-electron chi connectivity index (χ0n) is 19.7. The molecule has 1 aromatic heterocycles. The highest BCUT2D eigenvalue weighted by Gasteiger charge is 2.56. The molecule has 0 saturated carbocycles. The Labute approximate surface area is 203 Å². The molecule has 3 unspecified atom stereocenters. The van der Waals surface area contributed by atoms with E-state index in [1.807, 2.05) is 36.7 Å². The highest BCUT2D eigenvalue weighted by Crippen LogP contribution is 2.45. The molecule has 2 aliphatic heterocycles. The fraction of sp³-hybridized carbons (Fsp3) is 0.542. The van der Waals surface area contributed by atoms with Crippen LogP contribution >= 0.6 is 12.4 Å². The summed E-state index contributed by atoms with van der Waals surface area (Å²) in [6.07, 6.45) is -2.63. The number of likely N-dealkylation sites (tertiary alicyclic amines) is 1. The number of nitrogens with zero attached hydrogens (tertiary/aromatic N) is 2. The van der Waals surface area contributed by atoms with E-state index >= 15 is 0 Å². The van der Waals surface area contributed by atoms with Gasteiger partial charge in [-0.05, 0) is 57.5 Å². The second-order valence-corrected chi connectivity index (χ2v) is 9.16. The van der Waals surface area contributed by atoms with Crippen molar-refractivity contribution in [3.05, 3.63) is 47.8 Å². The van der Waals surface area contributed by atoms with Gasteiger partial charge in [0.25, 0.3) is 5.91 Å². The fourth-order valence-corrected chi connectivity index (χ4v) is 5.24. The van der Waals surface area contributed by atoms with Gasteiger partial charge in [-0.1, -0.05) is 0 Å². The van der Waals surface area contributed by atoms with E-state index in [9.17, 15) is 18.0 Å². The van der Waals surface area contributed by atoms with E-state index in [1.54, 1.807) is 13.0 Å². The Morgan fingerprint density at radius 2 is 1.94 bits per heavy atom. The lowest BCUT2D eigenvalue weighted by Crippen LogP contribution is -2.65. The Hall–Kier alpha value is -2.39. The van der Waals surface area contributed by atoms with Crippen molar-refractivity contribution in [2.45, 2.75) is 70.1 Å². The summed E-state index contributed by atoms with van der Waals surface area (Å²) in [6.45, 7) is 6.69. The van der Waals surface area contributed by atoms with Crippen molar-refractivity contribution in [2.75, 3.05) is 13.7 Å². The molecule has 34 heavy (non-hydrogen) atoms. The van der Waals surface area contributed by atoms with Crippen molar-refractivity contribution in [3.63, 3.8) is 0 Å². The Bertz CT molecular complexity index is 1030. The number of halogens is 4. The molecule has 1 spiro atoms. The van der Waals surface area contributed by atoms with Gasteiger partial charge in [0.15, 0.2) is 11.5 Å². The van der Waals surface area contributed by atoms with Crippen molar-refractivity contribution in [3.8, 4) is 11.5 Å². The standard InChI is InChI=1S/C24H30F3N3O3.ClH/c1-15(2)33-18-8-7-17(12-19(18)32-4)22(31)30-16(3)13-23(14-21(30)24(25,26)27)20-6-5-10-29(20)11-9-28-23;/h5-8,10,12,15-16,21,28H,9,11,13-14H2,1-4H3;1H. The van der Waals surface area contributed by atoms with Gasteiger partial charge < -0.3 is 24.3 Å². The molecule has 4 rings (SSSR count). The molecule has 1 fully saturated rings. The number of fused-ring (bicyclic) bond motifs is 2. The second-order valence-electron chi connectivity index (χ2n) is 9.16. The van der Waals surface area contributed by atoms with Gasteiger partial charge in [0, 0.05) is 43.0 Å². The fourth-order valence-electron chi connectivity index (χ4n) is 5.24.